The molecule has 1 heterocycles. The van der Waals surface area contributed by atoms with Crippen molar-refractivity contribution < 1.29 is 14.7 Å². The molecule has 0 aromatic rings. The molecule has 4 heteroatoms. The van der Waals surface area contributed by atoms with Gasteiger partial charge in [-0.2, -0.15) is 0 Å². The molecule has 1 saturated heterocycles. The molecule has 0 aromatic carbocycles. The SMILES string of the molecule is CCC1CCCN1C(=O)[C@@H]1CCC[C@@H]1C(=O)O. The Morgan fingerprint density at radius 3 is 2.53 bits per heavy atom. The van der Waals surface area contributed by atoms with Crippen LogP contribution in [0.5, 0.6) is 0 Å². The lowest BCUT2D eigenvalue weighted by atomic mass is 9.94. The van der Waals surface area contributed by atoms with Gasteiger partial charge in [-0.1, -0.05) is 13.3 Å². The van der Waals surface area contributed by atoms with Gasteiger partial charge in [0, 0.05) is 12.6 Å². The van der Waals surface area contributed by atoms with E-state index in [9.17, 15) is 9.59 Å². The van der Waals surface area contributed by atoms with Crippen LogP contribution in [-0.2, 0) is 9.59 Å². The first-order valence-corrected chi connectivity index (χ1v) is 6.68. The third-order valence-electron chi connectivity index (χ3n) is 4.28. The van der Waals surface area contributed by atoms with Gasteiger partial charge in [-0.05, 0) is 32.1 Å². The van der Waals surface area contributed by atoms with Crippen molar-refractivity contribution in [3.05, 3.63) is 0 Å². The molecule has 1 N–H and O–H groups in total. The van der Waals surface area contributed by atoms with Gasteiger partial charge >= 0.3 is 5.97 Å². The molecular formula is C13H21NO3. The number of hydrogen-bond acceptors (Lipinski definition) is 2. The van der Waals surface area contributed by atoms with E-state index in [2.05, 4.69) is 6.92 Å². The highest BCUT2D eigenvalue weighted by Crippen LogP contribution is 2.35. The minimum absolute atomic E-state index is 0.0965. The first kappa shape index (κ1) is 12.4. The minimum Gasteiger partial charge on any atom is -0.481 e. The number of carbonyl (C=O) groups excluding carboxylic acids is 1. The summed E-state index contributed by atoms with van der Waals surface area (Å²) in [6, 6.07) is 0.345. The van der Waals surface area contributed by atoms with E-state index in [1.165, 1.54) is 0 Å². The van der Waals surface area contributed by atoms with Crippen molar-refractivity contribution in [2.24, 2.45) is 11.8 Å². The van der Waals surface area contributed by atoms with Crippen LogP contribution >= 0.6 is 0 Å². The van der Waals surface area contributed by atoms with Gasteiger partial charge < -0.3 is 10.0 Å². The molecule has 1 aliphatic heterocycles. The zero-order valence-corrected chi connectivity index (χ0v) is 10.4. The van der Waals surface area contributed by atoms with E-state index in [1.807, 2.05) is 4.90 Å². The maximum atomic E-state index is 12.4. The van der Waals surface area contributed by atoms with Gasteiger partial charge in [0.15, 0.2) is 0 Å². The third-order valence-corrected chi connectivity index (χ3v) is 4.28. The predicted molar refractivity (Wildman–Crippen MR) is 63.5 cm³/mol. The molecule has 1 saturated carbocycles. The van der Waals surface area contributed by atoms with Crippen LogP contribution in [0.15, 0.2) is 0 Å². The normalized spacial score (nSPS) is 33.0. The molecule has 1 unspecified atom stereocenters. The van der Waals surface area contributed by atoms with E-state index in [0.717, 1.165) is 38.6 Å². The van der Waals surface area contributed by atoms with E-state index < -0.39 is 11.9 Å². The zero-order valence-electron chi connectivity index (χ0n) is 10.4. The molecule has 2 rings (SSSR count). The van der Waals surface area contributed by atoms with Gasteiger partial charge in [0.1, 0.15) is 0 Å². The molecule has 2 fully saturated rings. The van der Waals surface area contributed by atoms with Crippen LogP contribution < -0.4 is 0 Å². The quantitative estimate of drug-likeness (QED) is 0.818. The summed E-state index contributed by atoms with van der Waals surface area (Å²) in [7, 11) is 0. The Balaban J connectivity index is 2.06. The Morgan fingerprint density at radius 1 is 1.18 bits per heavy atom. The number of nitrogens with zero attached hydrogens (tertiary/aromatic N) is 1. The van der Waals surface area contributed by atoms with Crippen LogP contribution in [-0.4, -0.2) is 34.5 Å². The number of carboxylic acid groups (broad SMARTS) is 1. The van der Waals surface area contributed by atoms with E-state index in [-0.39, 0.29) is 11.8 Å². The number of likely N-dealkylation sites (tertiary alicyclic amines) is 1. The molecule has 17 heavy (non-hydrogen) atoms. The summed E-state index contributed by atoms with van der Waals surface area (Å²) in [6.45, 7) is 2.92. The van der Waals surface area contributed by atoms with Crippen LogP contribution in [0.4, 0.5) is 0 Å². The van der Waals surface area contributed by atoms with Crippen molar-refractivity contribution in [3.8, 4) is 0 Å². The number of carbonyl (C=O) groups is 2. The Morgan fingerprint density at radius 2 is 1.88 bits per heavy atom. The molecule has 3 atom stereocenters. The Labute approximate surface area is 102 Å². The van der Waals surface area contributed by atoms with Crippen molar-refractivity contribution in [3.63, 3.8) is 0 Å². The first-order valence-electron chi connectivity index (χ1n) is 6.68. The van der Waals surface area contributed by atoms with E-state index in [0.29, 0.717) is 12.5 Å². The molecule has 0 aromatic heterocycles. The maximum absolute atomic E-state index is 12.4. The van der Waals surface area contributed by atoms with Crippen LogP contribution in [0, 0.1) is 11.8 Å². The minimum atomic E-state index is -0.798. The third kappa shape index (κ3) is 2.31. The van der Waals surface area contributed by atoms with E-state index in [1.54, 1.807) is 0 Å². The highest BCUT2D eigenvalue weighted by atomic mass is 16.4. The Kier molecular flexibility index (Phi) is 3.69. The van der Waals surface area contributed by atoms with Gasteiger partial charge in [0.25, 0.3) is 0 Å². The lowest BCUT2D eigenvalue weighted by Crippen LogP contribution is -2.41. The standard InChI is InChI=1S/C13H21NO3/c1-2-9-5-4-8-14(9)12(15)10-6-3-7-11(10)13(16)17/h9-11H,2-8H2,1H3,(H,16,17)/t9?,10-,11+/m1/s1. The first-order chi connectivity index (χ1) is 8.15. The lowest BCUT2D eigenvalue weighted by molar-refractivity contribution is -0.149. The van der Waals surface area contributed by atoms with Gasteiger partial charge in [-0.25, -0.2) is 0 Å². The summed E-state index contributed by atoms with van der Waals surface area (Å²) in [4.78, 5) is 25.4. The van der Waals surface area contributed by atoms with E-state index >= 15 is 0 Å². The molecule has 1 amide bonds. The van der Waals surface area contributed by atoms with Crippen LogP contribution in [0.3, 0.4) is 0 Å². The fourth-order valence-corrected chi connectivity index (χ4v) is 3.31. The van der Waals surface area contributed by atoms with Crippen LogP contribution in [0.1, 0.15) is 45.4 Å². The average Bonchev–Trinajstić information content (AvgIpc) is 2.96. The molecule has 0 bridgehead atoms. The number of rotatable bonds is 3. The van der Waals surface area contributed by atoms with Gasteiger partial charge in [0.05, 0.1) is 11.8 Å². The highest BCUT2D eigenvalue weighted by molar-refractivity contribution is 5.85. The van der Waals surface area contributed by atoms with Crippen molar-refractivity contribution in [2.45, 2.75) is 51.5 Å². The van der Waals surface area contributed by atoms with Gasteiger partial charge in [0.2, 0.25) is 5.91 Å². The number of amides is 1. The Bertz CT molecular complexity index is 316. The largest absolute Gasteiger partial charge is 0.481 e. The van der Waals surface area contributed by atoms with Crippen molar-refractivity contribution in [1.82, 2.24) is 4.90 Å². The fourth-order valence-electron chi connectivity index (χ4n) is 3.31. The second-order valence-electron chi connectivity index (χ2n) is 5.22. The lowest BCUT2D eigenvalue weighted by Gasteiger charge is -2.28. The molecule has 0 spiro atoms. The summed E-state index contributed by atoms with van der Waals surface area (Å²) in [5, 5.41) is 9.13. The molecule has 96 valence electrons. The summed E-state index contributed by atoms with van der Waals surface area (Å²) >= 11 is 0. The molecular weight excluding hydrogens is 218 g/mol. The van der Waals surface area contributed by atoms with Crippen molar-refractivity contribution in [2.75, 3.05) is 6.54 Å². The van der Waals surface area contributed by atoms with Crippen LogP contribution in [0.2, 0.25) is 0 Å². The number of aliphatic carboxylic acids is 1. The molecule has 4 nitrogen and oxygen atoms in total. The average molecular weight is 239 g/mol. The second kappa shape index (κ2) is 5.07. The summed E-state index contributed by atoms with van der Waals surface area (Å²) in [5.41, 5.74) is 0. The second-order valence-corrected chi connectivity index (χ2v) is 5.22. The molecule has 1 aliphatic carbocycles. The van der Waals surface area contributed by atoms with Crippen molar-refractivity contribution >= 4 is 11.9 Å². The maximum Gasteiger partial charge on any atom is 0.307 e. The smallest absolute Gasteiger partial charge is 0.307 e. The summed E-state index contributed by atoms with van der Waals surface area (Å²) in [6.07, 6.45) is 5.41. The summed E-state index contributed by atoms with van der Waals surface area (Å²) in [5.74, 6) is -1.41. The van der Waals surface area contributed by atoms with Crippen LogP contribution in [0.25, 0.3) is 0 Å². The number of carboxylic acids is 1. The highest BCUT2D eigenvalue weighted by Gasteiger charge is 2.41. The van der Waals surface area contributed by atoms with E-state index in [4.69, 9.17) is 5.11 Å². The molecule has 0 radical (unpaired) electrons. The van der Waals surface area contributed by atoms with Crippen molar-refractivity contribution in [1.29, 1.82) is 0 Å². The Hall–Kier alpha value is -1.06. The van der Waals surface area contributed by atoms with Gasteiger partial charge in [-0.15, -0.1) is 0 Å². The monoisotopic (exact) mass is 239 g/mol. The molecule has 2 aliphatic rings. The zero-order chi connectivity index (χ0) is 12.4. The summed E-state index contributed by atoms with van der Waals surface area (Å²) < 4.78 is 0. The fraction of sp³-hybridized carbons (Fsp3) is 0.846. The van der Waals surface area contributed by atoms with Gasteiger partial charge in [-0.3, -0.25) is 9.59 Å². The predicted octanol–water partition coefficient (Wildman–Crippen LogP) is 1.89. The topological polar surface area (TPSA) is 57.6 Å². The number of hydrogen-bond donors (Lipinski definition) is 1.